The SMILES string of the molecule is CC(C)c1ccc(CN[C@H]2CN3CCC2CC3)cc1. The Morgan fingerprint density at radius 1 is 1.16 bits per heavy atom. The molecular weight excluding hydrogens is 232 g/mol. The summed E-state index contributed by atoms with van der Waals surface area (Å²) in [4.78, 5) is 2.61. The third-order valence-corrected chi connectivity index (χ3v) is 4.87. The first-order valence-corrected chi connectivity index (χ1v) is 7.77. The fraction of sp³-hybridized carbons (Fsp3) is 0.647. The second-order valence-corrected chi connectivity index (χ2v) is 6.52. The largest absolute Gasteiger partial charge is 0.308 e. The van der Waals surface area contributed by atoms with Crippen LogP contribution in [0.4, 0.5) is 0 Å². The maximum atomic E-state index is 3.78. The predicted octanol–water partition coefficient (Wildman–Crippen LogP) is 2.99. The lowest BCUT2D eigenvalue weighted by molar-refractivity contribution is 0.0720. The summed E-state index contributed by atoms with van der Waals surface area (Å²) in [6.45, 7) is 9.43. The number of piperidine rings is 3. The average Bonchev–Trinajstić information content (AvgIpc) is 2.47. The molecule has 4 rings (SSSR count). The first-order chi connectivity index (χ1) is 9.22. The van der Waals surface area contributed by atoms with Crippen LogP contribution in [-0.2, 0) is 6.54 Å². The number of nitrogens with zero attached hydrogens (tertiary/aromatic N) is 1. The normalized spacial score (nSPS) is 29.9. The summed E-state index contributed by atoms with van der Waals surface area (Å²) >= 11 is 0. The molecule has 3 heterocycles. The number of nitrogens with one attached hydrogen (secondary N) is 1. The van der Waals surface area contributed by atoms with Gasteiger partial charge in [-0.25, -0.2) is 0 Å². The van der Waals surface area contributed by atoms with Gasteiger partial charge in [-0.05, 0) is 48.9 Å². The maximum absolute atomic E-state index is 3.78. The van der Waals surface area contributed by atoms with Crippen LogP contribution < -0.4 is 5.32 Å². The van der Waals surface area contributed by atoms with Crippen molar-refractivity contribution in [3.8, 4) is 0 Å². The first-order valence-electron chi connectivity index (χ1n) is 7.77. The van der Waals surface area contributed by atoms with Crippen LogP contribution in [0.25, 0.3) is 0 Å². The van der Waals surface area contributed by atoms with Crippen LogP contribution in [0.1, 0.15) is 43.7 Å². The Morgan fingerprint density at radius 3 is 2.37 bits per heavy atom. The Balaban J connectivity index is 1.54. The molecule has 3 aliphatic heterocycles. The van der Waals surface area contributed by atoms with Crippen molar-refractivity contribution >= 4 is 0 Å². The van der Waals surface area contributed by atoms with E-state index in [1.807, 2.05) is 0 Å². The van der Waals surface area contributed by atoms with Crippen LogP contribution >= 0.6 is 0 Å². The molecule has 0 amide bonds. The van der Waals surface area contributed by atoms with E-state index in [0.29, 0.717) is 12.0 Å². The van der Waals surface area contributed by atoms with Crippen LogP contribution in [0.5, 0.6) is 0 Å². The van der Waals surface area contributed by atoms with Gasteiger partial charge >= 0.3 is 0 Å². The van der Waals surface area contributed by atoms with E-state index >= 15 is 0 Å². The highest BCUT2D eigenvalue weighted by Crippen LogP contribution is 2.27. The number of rotatable bonds is 4. The molecule has 3 aliphatic rings. The second kappa shape index (κ2) is 5.64. The molecule has 0 spiro atoms. The smallest absolute Gasteiger partial charge is 0.0227 e. The fourth-order valence-electron chi connectivity index (χ4n) is 3.47. The molecule has 0 aromatic heterocycles. The lowest BCUT2D eigenvalue weighted by atomic mass is 9.84. The van der Waals surface area contributed by atoms with Crippen LogP contribution in [-0.4, -0.2) is 30.6 Å². The Bertz CT molecular complexity index is 402. The Morgan fingerprint density at radius 2 is 1.84 bits per heavy atom. The second-order valence-electron chi connectivity index (χ2n) is 6.52. The van der Waals surface area contributed by atoms with E-state index in [1.165, 1.54) is 43.6 Å². The zero-order chi connectivity index (χ0) is 13.2. The topological polar surface area (TPSA) is 15.3 Å². The summed E-state index contributed by atoms with van der Waals surface area (Å²) in [7, 11) is 0. The quantitative estimate of drug-likeness (QED) is 0.893. The number of hydrogen-bond donors (Lipinski definition) is 1. The molecule has 3 saturated heterocycles. The maximum Gasteiger partial charge on any atom is 0.0227 e. The van der Waals surface area contributed by atoms with Crippen molar-refractivity contribution < 1.29 is 0 Å². The van der Waals surface area contributed by atoms with Gasteiger partial charge in [-0.15, -0.1) is 0 Å². The molecule has 0 saturated carbocycles. The minimum Gasteiger partial charge on any atom is -0.308 e. The van der Waals surface area contributed by atoms with E-state index in [1.54, 1.807) is 0 Å². The van der Waals surface area contributed by atoms with Gasteiger partial charge in [0, 0.05) is 19.1 Å². The summed E-state index contributed by atoms with van der Waals surface area (Å²) in [5.74, 6) is 1.55. The monoisotopic (exact) mass is 258 g/mol. The highest BCUT2D eigenvalue weighted by Gasteiger charge is 2.33. The fourth-order valence-corrected chi connectivity index (χ4v) is 3.47. The summed E-state index contributed by atoms with van der Waals surface area (Å²) in [5, 5.41) is 3.78. The number of benzene rings is 1. The van der Waals surface area contributed by atoms with Crippen molar-refractivity contribution in [2.45, 2.75) is 45.2 Å². The molecule has 0 radical (unpaired) electrons. The molecule has 2 heteroatoms. The Kier molecular flexibility index (Phi) is 3.90. The third-order valence-electron chi connectivity index (χ3n) is 4.87. The standard InChI is InChI=1S/C17H26N2/c1-13(2)15-5-3-14(4-6-15)11-18-17-12-19-9-7-16(17)8-10-19/h3-6,13,16-18H,7-12H2,1-2H3/t17-/m0/s1. The highest BCUT2D eigenvalue weighted by atomic mass is 15.2. The molecule has 3 fully saturated rings. The molecule has 1 N–H and O–H groups in total. The molecule has 19 heavy (non-hydrogen) atoms. The van der Waals surface area contributed by atoms with Crippen LogP contribution in [0.2, 0.25) is 0 Å². The van der Waals surface area contributed by atoms with Gasteiger partial charge in [0.15, 0.2) is 0 Å². The van der Waals surface area contributed by atoms with Gasteiger partial charge in [0.1, 0.15) is 0 Å². The van der Waals surface area contributed by atoms with Crippen molar-refractivity contribution in [3.63, 3.8) is 0 Å². The first kappa shape index (κ1) is 13.1. The van der Waals surface area contributed by atoms with Gasteiger partial charge in [0.2, 0.25) is 0 Å². The van der Waals surface area contributed by atoms with E-state index in [-0.39, 0.29) is 0 Å². The molecular formula is C17H26N2. The van der Waals surface area contributed by atoms with E-state index < -0.39 is 0 Å². The molecule has 2 nitrogen and oxygen atoms in total. The molecule has 1 atom stereocenters. The Hall–Kier alpha value is -0.860. The van der Waals surface area contributed by atoms with E-state index in [2.05, 4.69) is 48.3 Å². The van der Waals surface area contributed by atoms with Crippen LogP contribution in [0.15, 0.2) is 24.3 Å². The molecule has 2 bridgehead atoms. The molecule has 0 unspecified atom stereocenters. The van der Waals surface area contributed by atoms with Gasteiger partial charge in [-0.3, -0.25) is 0 Å². The van der Waals surface area contributed by atoms with Gasteiger partial charge in [-0.1, -0.05) is 38.1 Å². The van der Waals surface area contributed by atoms with Crippen molar-refractivity contribution in [1.82, 2.24) is 10.2 Å². The van der Waals surface area contributed by atoms with Gasteiger partial charge in [0.05, 0.1) is 0 Å². The minimum absolute atomic E-state index is 0.629. The van der Waals surface area contributed by atoms with Crippen molar-refractivity contribution in [1.29, 1.82) is 0 Å². The van der Waals surface area contributed by atoms with E-state index in [9.17, 15) is 0 Å². The van der Waals surface area contributed by atoms with Crippen molar-refractivity contribution in [2.75, 3.05) is 19.6 Å². The Labute approximate surface area is 117 Å². The lowest BCUT2D eigenvalue weighted by Gasteiger charge is -2.45. The zero-order valence-corrected chi connectivity index (χ0v) is 12.2. The molecule has 1 aromatic rings. The van der Waals surface area contributed by atoms with Crippen LogP contribution in [0, 0.1) is 5.92 Å². The average molecular weight is 258 g/mol. The summed E-state index contributed by atoms with van der Waals surface area (Å²) < 4.78 is 0. The predicted molar refractivity (Wildman–Crippen MR) is 80.3 cm³/mol. The minimum atomic E-state index is 0.629. The van der Waals surface area contributed by atoms with Crippen LogP contribution in [0.3, 0.4) is 0 Å². The lowest BCUT2D eigenvalue weighted by Crippen LogP contribution is -2.55. The highest BCUT2D eigenvalue weighted by molar-refractivity contribution is 5.24. The van der Waals surface area contributed by atoms with Gasteiger partial charge < -0.3 is 10.2 Å². The zero-order valence-electron chi connectivity index (χ0n) is 12.2. The summed E-state index contributed by atoms with van der Waals surface area (Å²) in [6, 6.07) is 9.83. The van der Waals surface area contributed by atoms with Gasteiger partial charge in [0.25, 0.3) is 0 Å². The summed E-state index contributed by atoms with van der Waals surface area (Å²) in [6.07, 6.45) is 2.79. The van der Waals surface area contributed by atoms with E-state index in [4.69, 9.17) is 0 Å². The number of hydrogen-bond acceptors (Lipinski definition) is 2. The van der Waals surface area contributed by atoms with Crippen molar-refractivity contribution in [2.24, 2.45) is 5.92 Å². The number of fused-ring (bicyclic) bond motifs is 3. The third kappa shape index (κ3) is 3.01. The summed E-state index contributed by atoms with van der Waals surface area (Å²) in [5.41, 5.74) is 2.85. The van der Waals surface area contributed by atoms with Gasteiger partial charge in [-0.2, -0.15) is 0 Å². The van der Waals surface area contributed by atoms with Crippen molar-refractivity contribution in [3.05, 3.63) is 35.4 Å². The molecule has 1 aromatic carbocycles. The molecule has 104 valence electrons. The van der Waals surface area contributed by atoms with E-state index in [0.717, 1.165) is 12.5 Å². The molecule has 0 aliphatic carbocycles.